The van der Waals surface area contributed by atoms with Crippen molar-refractivity contribution < 1.29 is 18.9 Å². The molecule has 1 aromatic rings. The number of rotatable bonds is 8. The maximum absolute atomic E-state index is 6.78. The molecule has 0 spiro atoms. The molecular formula is C33H44O4. The molecule has 2 heterocycles. The van der Waals surface area contributed by atoms with Crippen molar-refractivity contribution in [3.63, 3.8) is 0 Å². The third-order valence-electron chi connectivity index (χ3n) is 12.3. The minimum absolute atomic E-state index is 0.274. The molecule has 0 aromatic heterocycles. The molecule has 8 aliphatic carbocycles. The maximum atomic E-state index is 6.78. The summed E-state index contributed by atoms with van der Waals surface area (Å²) in [5.74, 6) is 7.90. The lowest BCUT2D eigenvalue weighted by atomic mass is 9.46. The Morgan fingerprint density at radius 3 is 1.24 bits per heavy atom. The molecule has 10 fully saturated rings. The van der Waals surface area contributed by atoms with Gasteiger partial charge in [-0.25, -0.2) is 0 Å². The molecule has 4 heteroatoms. The van der Waals surface area contributed by atoms with Crippen LogP contribution in [0.1, 0.15) is 93.7 Å². The SMILES string of the molecule is Cc1c(OCC2CO2)c(C23CC4CC(CC(C4)C2)C3)cc(C23CC4CC(CC(C4)C2)C3)c1OCC1CO1. The molecule has 2 saturated heterocycles. The Labute approximate surface area is 222 Å². The molecule has 8 bridgehead atoms. The van der Waals surface area contributed by atoms with E-state index in [2.05, 4.69) is 13.0 Å². The van der Waals surface area contributed by atoms with E-state index in [4.69, 9.17) is 18.9 Å². The molecule has 4 nitrogen and oxygen atoms in total. The van der Waals surface area contributed by atoms with E-state index in [0.29, 0.717) is 24.0 Å². The fraction of sp³-hybridized carbons (Fsp3) is 0.818. The topological polar surface area (TPSA) is 43.5 Å². The van der Waals surface area contributed by atoms with Crippen molar-refractivity contribution in [2.45, 2.75) is 107 Å². The minimum atomic E-state index is 0.274. The van der Waals surface area contributed by atoms with Crippen LogP contribution in [0, 0.1) is 42.4 Å². The van der Waals surface area contributed by atoms with Gasteiger partial charge in [0.1, 0.15) is 36.9 Å². The zero-order valence-electron chi connectivity index (χ0n) is 22.6. The van der Waals surface area contributed by atoms with E-state index in [0.717, 1.165) is 60.2 Å². The first-order valence-corrected chi connectivity index (χ1v) is 15.7. The van der Waals surface area contributed by atoms with Gasteiger partial charge in [0, 0.05) is 16.7 Å². The van der Waals surface area contributed by atoms with Crippen molar-refractivity contribution in [1.29, 1.82) is 0 Å². The lowest BCUT2D eigenvalue weighted by Gasteiger charge is -2.59. The number of hydrogen-bond acceptors (Lipinski definition) is 4. The van der Waals surface area contributed by atoms with E-state index < -0.39 is 0 Å². The first-order chi connectivity index (χ1) is 18.0. The lowest BCUT2D eigenvalue weighted by molar-refractivity contribution is -0.0101. The number of epoxide rings is 2. The zero-order valence-corrected chi connectivity index (χ0v) is 22.6. The van der Waals surface area contributed by atoms with Gasteiger partial charge >= 0.3 is 0 Å². The summed E-state index contributed by atoms with van der Waals surface area (Å²) in [5, 5.41) is 0. The molecular weight excluding hydrogens is 460 g/mol. The van der Waals surface area contributed by atoms with E-state index >= 15 is 0 Å². The standard InChI is InChI=1S/C33H44O4/c1-19-30(36-17-26-15-34-26)28(32-9-20-2-21(10-32)4-22(3-20)11-32)8-29(31(19)37-18-27-16-35-27)33-12-23-5-24(13-33)7-25(6-23)14-33/h8,20-27H,2-7,9-18H2,1H3. The summed E-state index contributed by atoms with van der Waals surface area (Å²) < 4.78 is 24.7. The fourth-order valence-corrected chi connectivity index (χ4v) is 11.5. The van der Waals surface area contributed by atoms with E-state index in [9.17, 15) is 0 Å². The molecule has 2 aliphatic heterocycles. The Morgan fingerprint density at radius 2 is 0.946 bits per heavy atom. The fourth-order valence-electron chi connectivity index (χ4n) is 11.5. The largest absolute Gasteiger partial charge is 0.490 e. The van der Waals surface area contributed by atoms with Crippen LogP contribution in [0.2, 0.25) is 0 Å². The monoisotopic (exact) mass is 504 g/mol. The van der Waals surface area contributed by atoms with Crippen LogP contribution in [0.4, 0.5) is 0 Å². The average molecular weight is 505 g/mol. The molecule has 200 valence electrons. The molecule has 10 aliphatic rings. The second kappa shape index (κ2) is 7.90. The average Bonchev–Trinajstić information content (AvgIpc) is 3.76. The molecule has 0 N–H and O–H groups in total. The van der Waals surface area contributed by atoms with Gasteiger partial charge in [0.2, 0.25) is 0 Å². The van der Waals surface area contributed by atoms with Crippen LogP contribution in [0.3, 0.4) is 0 Å². The maximum Gasteiger partial charge on any atom is 0.129 e. The molecule has 8 saturated carbocycles. The Morgan fingerprint density at radius 1 is 0.622 bits per heavy atom. The van der Waals surface area contributed by atoms with Crippen LogP contribution in [0.25, 0.3) is 0 Å². The van der Waals surface area contributed by atoms with Gasteiger partial charge in [-0.1, -0.05) is 0 Å². The molecule has 0 amide bonds. The van der Waals surface area contributed by atoms with Crippen molar-refractivity contribution >= 4 is 0 Å². The summed E-state index contributed by atoms with van der Waals surface area (Å²) in [6, 6.07) is 2.71. The number of ether oxygens (including phenoxy) is 4. The van der Waals surface area contributed by atoms with Gasteiger partial charge in [0.25, 0.3) is 0 Å². The predicted molar refractivity (Wildman–Crippen MR) is 141 cm³/mol. The van der Waals surface area contributed by atoms with Crippen molar-refractivity contribution in [2.75, 3.05) is 26.4 Å². The number of hydrogen-bond donors (Lipinski definition) is 0. The van der Waals surface area contributed by atoms with Crippen LogP contribution in [0.5, 0.6) is 11.5 Å². The summed E-state index contributed by atoms with van der Waals surface area (Å²) in [4.78, 5) is 0. The minimum Gasteiger partial charge on any atom is -0.490 e. The third kappa shape index (κ3) is 3.67. The van der Waals surface area contributed by atoms with Gasteiger partial charge in [0.05, 0.1) is 13.2 Å². The third-order valence-corrected chi connectivity index (χ3v) is 12.3. The normalized spacial score (nSPS) is 47.9. The van der Waals surface area contributed by atoms with Gasteiger partial charge in [-0.15, -0.1) is 0 Å². The molecule has 2 atom stereocenters. The summed E-state index contributed by atoms with van der Waals surface area (Å²) >= 11 is 0. The van der Waals surface area contributed by atoms with E-state index in [1.807, 2.05) is 0 Å². The second-order valence-electron chi connectivity index (χ2n) is 15.2. The van der Waals surface area contributed by atoms with Gasteiger partial charge in [-0.3, -0.25) is 0 Å². The molecule has 2 unspecified atom stereocenters. The summed E-state index contributed by atoms with van der Waals surface area (Å²) in [6.45, 7) is 5.38. The van der Waals surface area contributed by atoms with Crippen LogP contribution < -0.4 is 9.47 Å². The highest BCUT2D eigenvalue weighted by Crippen LogP contribution is 2.66. The van der Waals surface area contributed by atoms with Gasteiger partial charge in [-0.2, -0.15) is 0 Å². The Kier molecular flexibility index (Phi) is 4.82. The Balaban J connectivity index is 1.20. The Bertz CT molecular complexity index is 945. The lowest BCUT2D eigenvalue weighted by Crippen LogP contribution is -2.50. The summed E-state index contributed by atoms with van der Waals surface area (Å²) in [6.07, 6.45) is 17.7. The quantitative estimate of drug-likeness (QED) is 0.380. The van der Waals surface area contributed by atoms with E-state index in [1.54, 1.807) is 11.1 Å². The highest BCUT2D eigenvalue weighted by atomic mass is 16.6. The van der Waals surface area contributed by atoms with Crippen LogP contribution in [-0.2, 0) is 20.3 Å². The molecule has 37 heavy (non-hydrogen) atoms. The van der Waals surface area contributed by atoms with Crippen LogP contribution >= 0.6 is 0 Å². The second-order valence-corrected chi connectivity index (χ2v) is 15.2. The van der Waals surface area contributed by atoms with E-state index in [1.165, 1.54) is 82.6 Å². The molecule has 0 radical (unpaired) electrons. The van der Waals surface area contributed by atoms with E-state index in [-0.39, 0.29) is 12.2 Å². The predicted octanol–water partition coefficient (Wildman–Crippen LogP) is 6.49. The summed E-state index contributed by atoms with van der Waals surface area (Å²) in [7, 11) is 0. The van der Waals surface area contributed by atoms with Crippen molar-refractivity contribution in [2.24, 2.45) is 35.5 Å². The molecule has 1 aromatic carbocycles. The molecule has 11 rings (SSSR count). The highest BCUT2D eigenvalue weighted by Gasteiger charge is 2.56. The van der Waals surface area contributed by atoms with Gasteiger partial charge in [0.15, 0.2) is 0 Å². The van der Waals surface area contributed by atoms with Crippen LogP contribution in [0.15, 0.2) is 6.07 Å². The Hall–Kier alpha value is -1.26. The van der Waals surface area contributed by atoms with Crippen molar-refractivity contribution in [3.8, 4) is 11.5 Å². The number of benzene rings is 1. The smallest absolute Gasteiger partial charge is 0.129 e. The van der Waals surface area contributed by atoms with Gasteiger partial charge < -0.3 is 18.9 Å². The zero-order chi connectivity index (χ0) is 24.4. The first kappa shape index (κ1) is 22.5. The summed E-state index contributed by atoms with van der Waals surface area (Å²) in [5.41, 5.74) is 5.05. The van der Waals surface area contributed by atoms with Gasteiger partial charge in [-0.05, 0) is 136 Å². The van der Waals surface area contributed by atoms with Crippen LogP contribution in [-0.4, -0.2) is 38.6 Å². The first-order valence-electron chi connectivity index (χ1n) is 15.7. The highest BCUT2D eigenvalue weighted by molar-refractivity contribution is 5.60. The van der Waals surface area contributed by atoms with Crippen molar-refractivity contribution in [3.05, 3.63) is 22.8 Å². The van der Waals surface area contributed by atoms with Crippen molar-refractivity contribution in [1.82, 2.24) is 0 Å².